The molecule has 0 atom stereocenters. The second kappa shape index (κ2) is 8.87. The van der Waals surface area contributed by atoms with Gasteiger partial charge in [-0.1, -0.05) is 6.07 Å². The molecular formula is C15H17N3O8. The Morgan fingerprint density at radius 3 is 1.73 bits per heavy atom. The van der Waals surface area contributed by atoms with Gasteiger partial charge in [-0.3, -0.25) is 29.1 Å². The lowest BCUT2D eigenvalue weighted by Gasteiger charge is -2.46. The van der Waals surface area contributed by atoms with E-state index < -0.39 is 48.9 Å². The maximum atomic E-state index is 11.1. The number of carboxylic acids is 4. The van der Waals surface area contributed by atoms with E-state index in [1.807, 2.05) is 0 Å². The van der Waals surface area contributed by atoms with Crippen LogP contribution in [-0.4, -0.2) is 73.8 Å². The molecule has 4 N–H and O–H groups in total. The largest absolute Gasteiger partial charge is 0.481 e. The minimum Gasteiger partial charge on any atom is -0.481 e. The molecule has 0 spiro atoms. The molecule has 0 amide bonds. The van der Waals surface area contributed by atoms with E-state index in [0.29, 0.717) is 11.4 Å². The minimum atomic E-state index is -1.27. The van der Waals surface area contributed by atoms with Gasteiger partial charge in [0.25, 0.3) is 0 Å². The van der Waals surface area contributed by atoms with Crippen LogP contribution in [0.1, 0.15) is 17.8 Å². The van der Waals surface area contributed by atoms with E-state index in [9.17, 15) is 19.2 Å². The predicted octanol–water partition coefficient (Wildman–Crippen LogP) is -0.949. The number of pyridine rings is 1. The Balaban J connectivity index is 0.000000487. The van der Waals surface area contributed by atoms with E-state index in [0.717, 1.165) is 4.90 Å². The SMILES string of the molecule is O=C(O)CN(CC(=O)O)C1(CC(=O)O)c2cccc1n2.[CH2][N]CC(=O)O. The maximum absolute atomic E-state index is 11.1. The molecule has 0 unspecified atom stereocenters. The van der Waals surface area contributed by atoms with Gasteiger partial charge in [0.15, 0.2) is 0 Å². The highest BCUT2D eigenvalue weighted by molar-refractivity contribution is 5.75. The molecule has 1 aliphatic carbocycles. The normalized spacial score (nSPS) is 13.2. The average molecular weight is 367 g/mol. The number of nitrogens with zero attached hydrogens (tertiary/aromatic N) is 3. The third-order valence-electron chi connectivity index (χ3n) is 3.44. The Morgan fingerprint density at radius 1 is 0.962 bits per heavy atom. The van der Waals surface area contributed by atoms with Crippen LogP contribution >= 0.6 is 0 Å². The summed E-state index contributed by atoms with van der Waals surface area (Å²) in [5.74, 6) is -4.55. The molecule has 2 aliphatic rings. The van der Waals surface area contributed by atoms with Crippen LogP contribution in [0.2, 0.25) is 0 Å². The summed E-state index contributed by atoms with van der Waals surface area (Å²) in [5.41, 5.74) is -0.517. The first-order chi connectivity index (χ1) is 12.1. The van der Waals surface area contributed by atoms with Crippen molar-refractivity contribution in [1.29, 1.82) is 0 Å². The lowest BCUT2D eigenvalue weighted by Crippen LogP contribution is -2.57. The van der Waals surface area contributed by atoms with Crippen LogP contribution in [0.4, 0.5) is 0 Å². The molecule has 3 rings (SSSR count). The zero-order valence-electron chi connectivity index (χ0n) is 13.5. The molecular weight excluding hydrogens is 350 g/mol. The second-order valence-electron chi connectivity index (χ2n) is 5.26. The molecule has 11 nitrogen and oxygen atoms in total. The minimum absolute atomic E-state index is 0.194. The predicted molar refractivity (Wildman–Crippen MR) is 84.1 cm³/mol. The highest BCUT2D eigenvalue weighted by Gasteiger charge is 2.51. The monoisotopic (exact) mass is 367 g/mol. The van der Waals surface area contributed by atoms with Crippen molar-refractivity contribution in [1.82, 2.24) is 15.2 Å². The number of aromatic nitrogens is 1. The number of hydrogen-bond donors (Lipinski definition) is 4. The topological polar surface area (TPSA) is 179 Å². The number of rotatable bonds is 9. The summed E-state index contributed by atoms with van der Waals surface area (Å²) in [4.78, 5) is 47.6. The Morgan fingerprint density at radius 2 is 1.46 bits per heavy atom. The van der Waals surface area contributed by atoms with Crippen molar-refractivity contribution in [3.63, 3.8) is 0 Å². The Bertz CT molecular complexity index is 663. The van der Waals surface area contributed by atoms with Gasteiger partial charge in [-0.15, -0.1) is 0 Å². The third kappa shape index (κ3) is 4.97. The van der Waals surface area contributed by atoms with E-state index in [2.05, 4.69) is 17.3 Å². The smallest absolute Gasteiger partial charge is 0.319 e. The Labute approximate surface area is 147 Å². The molecule has 2 heterocycles. The number of hydrogen-bond acceptors (Lipinski definition) is 6. The van der Waals surface area contributed by atoms with Crippen molar-refractivity contribution in [2.24, 2.45) is 0 Å². The van der Waals surface area contributed by atoms with Gasteiger partial charge in [-0.2, -0.15) is 0 Å². The average Bonchev–Trinajstić information content (AvgIpc) is 2.51. The van der Waals surface area contributed by atoms with Crippen LogP contribution in [0.15, 0.2) is 18.2 Å². The summed E-state index contributed by atoms with van der Waals surface area (Å²) in [6.07, 6.45) is -0.428. The second-order valence-corrected chi connectivity index (χ2v) is 5.26. The van der Waals surface area contributed by atoms with Gasteiger partial charge in [0.1, 0.15) is 12.1 Å². The number of aliphatic carboxylic acids is 4. The molecule has 0 saturated heterocycles. The first-order valence-corrected chi connectivity index (χ1v) is 7.16. The first kappa shape index (κ1) is 21.0. The Hall–Kier alpha value is -3.05. The number of fused-ring (bicyclic) bond motifs is 2. The van der Waals surface area contributed by atoms with Gasteiger partial charge < -0.3 is 20.4 Å². The van der Waals surface area contributed by atoms with Crippen LogP contribution in [0.3, 0.4) is 0 Å². The summed E-state index contributed by atoms with van der Waals surface area (Å²) in [7, 11) is 2.97. The lowest BCUT2D eigenvalue weighted by atomic mass is 9.78. The molecule has 26 heavy (non-hydrogen) atoms. The highest BCUT2D eigenvalue weighted by Crippen LogP contribution is 2.43. The molecule has 1 aliphatic heterocycles. The fraction of sp³-hybridized carbons (Fsp3) is 0.333. The molecule has 11 heteroatoms. The molecule has 0 saturated carbocycles. The van der Waals surface area contributed by atoms with Crippen LogP contribution < -0.4 is 5.32 Å². The maximum Gasteiger partial charge on any atom is 0.319 e. The molecule has 1 aromatic heterocycles. The molecule has 0 aromatic carbocycles. The van der Waals surface area contributed by atoms with Crippen molar-refractivity contribution in [2.45, 2.75) is 12.0 Å². The summed E-state index contributed by atoms with van der Waals surface area (Å²) < 4.78 is 0. The van der Waals surface area contributed by atoms with Crippen molar-refractivity contribution in [2.75, 3.05) is 19.6 Å². The zero-order valence-corrected chi connectivity index (χ0v) is 13.5. The van der Waals surface area contributed by atoms with E-state index in [4.69, 9.17) is 20.4 Å². The fourth-order valence-electron chi connectivity index (χ4n) is 2.56. The highest BCUT2D eigenvalue weighted by atomic mass is 16.4. The Kier molecular flexibility index (Phi) is 7.16. The van der Waals surface area contributed by atoms with Crippen molar-refractivity contribution in [3.8, 4) is 0 Å². The van der Waals surface area contributed by atoms with Crippen molar-refractivity contribution >= 4 is 23.9 Å². The van der Waals surface area contributed by atoms with E-state index in [1.54, 1.807) is 18.2 Å². The summed E-state index contributed by atoms with van der Waals surface area (Å²) in [6, 6.07) is 4.79. The molecule has 1 aromatic rings. The van der Waals surface area contributed by atoms with Gasteiger partial charge in [0, 0.05) is 7.05 Å². The van der Waals surface area contributed by atoms with E-state index in [-0.39, 0.29) is 6.54 Å². The number of carbonyl (C=O) groups is 4. The molecule has 2 radical (unpaired) electrons. The number of carboxylic acid groups (broad SMARTS) is 4. The quantitative estimate of drug-likeness (QED) is 0.425. The van der Waals surface area contributed by atoms with Gasteiger partial charge in [0.2, 0.25) is 0 Å². The lowest BCUT2D eigenvalue weighted by molar-refractivity contribution is -0.150. The van der Waals surface area contributed by atoms with E-state index >= 15 is 0 Å². The first-order valence-electron chi connectivity index (χ1n) is 7.16. The van der Waals surface area contributed by atoms with Crippen LogP contribution in [-0.2, 0) is 24.7 Å². The van der Waals surface area contributed by atoms with Crippen LogP contribution in [0, 0.1) is 7.05 Å². The molecule has 0 fully saturated rings. The third-order valence-corrected chi connectivity index (χ3v) is 3.44. The van der Waals surface area contributed by atoms with Crippen LogP contribution in [0.25, 0.3) is 0 Å². The van der Waals surface area contributed by atoms with Gasteiger partial charge in [-0.25, -0.2) is 5.32 Å². The van der Waals surface area contributed by atoms with Gasteiger partial charge >= 0.3 is 23.9 Å². The van der Waals surface area contributed by atoms with Gasteiger partial charge in [-0.05, 0) is 12.1 Å². The summed E-state index contributed by atoms with van der Waals surface area (Å²) >= 11 is 0. The zero-order chi connectivity index (χ0) is 19.9. The molecule has 2 bridgehead atoms. The fourth-order valence-corrected chi connectivity index (χ4v) is 2.56. The molecule has 140 valence electrons. The van der Waals surface area contributed by atoms with Crippen LogP contribution in [0.5, 0.6) is 0 Å². The summed E-state index contributed by atoms with van der Waals surface area (Å²) in [5, 5.41) is 37.8. The summed E-state index contributed by atoms with van der Waals surface area (Å²) in [6.45, 7) is -1.35. The van der Waals surface area contributed by atoms with E-state index in [1.165, 1.54) is 0 Å². The van der Waals surface area contributed by atoms with Crippen molar-refractivity contribution in [3.05, 3.63) is 36.6 Å². The van der Waals surface area contributed by atoms with Crippen molar-refractivity contribution < 1.29 is 39.6 Å². The van der Waals surface area contributed by atoms with Gasteiger partial charge in [0.05, 0.1) is 30.9 Å². The standard InChI is InChI=1S/C12H12N2O6.C3H5NO2/c15-9(16)4-12(7-2-1-3-8(12)13-7)14(5-10(17)18)6-11(19)20;1-4-2-3(5)6/h1-3H,4-6H2,(H,15,16)(H,17,18)(H,19,20);1-2H2,(H,5,6).